The molecule has 1 atom stereocenters. The van der Waals surface area contributed by atoms with Crippen LogP contribution in [-0.2, 0) is 4.74 Å². The summed E-state index contributed by atoms with van der Waals surface area (Å²) >= 11 is 6.24. The van der Waals surface area contributed by atoms with E-state index in [9.17, 15) is 4.79 Å². The number of rotatable bonds is 8. The van der Waals surface area contributed by atoms with Crippen molar-refractivity contribution in [3.63, 3.8) is 0 Å². The molecule has 1 aliphatic rings. The Morgan fingerprint density at radius 2 is 1.91 bits per heavy atom. The zero-order valence-electron chi connectivity index (χ0n) is 19.3. The molecule has 1 N–H and O–H groups in total. The Bertz CT molecular complexity index is 1230. The molecule has 10 heteroatoms. The number of nitrogens with zero attached hydrogens (tertiary/aromatic N) is 3. The van der Waals surface area contributed by atoms with Crippen LogP contribution in [0.15, 0.2) is 52.7 Å². The number of carbonyl (C=O) groups is 1. The van der Waals surface area contributed by atoms with Gasteiger partial charge in [-0.05, 0) is 42.8 Å². The van der Waals surface area contributed by atoms with E-state index in [1.54, 1.807) is 50.5 Å². The number of ether oxygens (including phenoxy) is 3. The van der Waals surface area contributed by atoms with Gasteiger partial charge >= 0.3 is 6.03 Å². The number of benzene rings is 2. The van der Waals surface area contributed by atoms with Gasteiger partial charge in [0.15, 0.2) is 11.5 Å². The number of nitrogens with one attached hydrogen (secondary N) is 1. The number of allylic oxidation sites excluding steroid dienone is 1. The first-order valence-electron chi connectivity index (χ1n) is 10.6. The topological polar surface area (TPSA) is 99.0 Å². The van der Waals surface area contributed by atoms with Gasteiger partial charge < -0.3 is 24.1 Å². The summed E-state index contributed by atoms with van der Waals surface area (Å²) in [6, 6.07) is 11.9. The van der Waals surface area contributed by atoms with Gasteiger partial charge in [-0.15, -0.1) is 0 Å². The average molecular weight is 485 g/mol. The minimum Gasteiger partial charge on any atom is -0.493 e. The van der Waals surface area contributed by atoms with Crippen LogP contribution < -0.4 is 14.8 Å². The maximum Gasteiger partial charge on any atom is 0.322 e. The number of urea groups is 1. The van der Waals surface area contributed by atoms with Crippen molar-refractivity contribution < 1.29 is 23.5 Å². The van der Waals surface area contributed by atoms with Crippen LogP contribution in [0.3, 0.4) is 0 Å². The van der Waals surface area contributed by atoms with Crippen molar-refractivity contribution >= 4 is 23.2 Å². The van der Waals surface area contributed by atoms with Crippen molar-refractivity contribution in [3.8, 4) is 22.9 Å². The third kappa shape index (κ3) is 4.57. The van der Waals surface area contributed by atoms with E-state index in [1.165, 1.54) is 0 Å². The molecule has 1 unspecified atom stereocenters. The lowest BCUT2D eigenvalue weighted by molar-refractivity contribution is 0.158. The average Bonchev–Trinajstić information content (AvgIpc) is 3.33. The second-order valence-electron chi connectivity index (χ2n) is 7.57. The third-order valence-electron chi connectivity index (χ3n) is 5.60. The highest BCUT2D eigenvalue weighted by Crippen LogP contribution is 2.38. The Morgan fingerprint density at radius 1 is 1.12 bits per heavy atom. The molecule has 2 heterocycles. The normalized spacial score (nSPS) is 16.0. The molecule has 9 nitrogen and oxygen atoms in total. The Hall–Kier alpha value is -3.56. The summed E-state index contributed by atoms with van der Waals surface area (Å²) in [5.74, 6) is 1.81. The Morgan fingerprint density at radius 3 is 2.62 bits per heavy atom. The largest absolute Gasteiger partial charge is 0.493 e. The molecule has 2 amide bonds. The van der Waals surface area contributed by atoms with Gasteiger partial charge in [0.05, 0.1) is 39.0 Å². The van der Waals surface area contributed by atoms with E-state index in [-0.39, 0.29) is 11.9 Å². The van der Waals surface area contributed by atoms with Gasteiger partial charge in [0.25, 0.3) is 5.89 Å². The van der Waals surface area contributed by atoms with Crippen LogP contribution in [0.25, 0.3) is 17.0 Å². The SMILES string of the molecule is COCCN1C(=O)NC(c2cccc(Cl)c2)C(c2nc(-c3ccc(OC)c(OC)c3)no2)=C1C. The summed E-state index contributed by atoms with van der Waals surface area (Å²) < 4.78 is 21.6. The fourth-order valence-corrected chi connectivity index (χ4v) is 4.07. The fraction of sp³-hybridized carbons (Fsp3) is 0.292. The molecule has 34 heavy (non-hydrogen) atoms. The minimum atomic E-state index is -0.524. The second-order valence-corrected chi connectivity index (χ2v) is 8.01. The van der Waals surface area contributed by atoms with Gasteiger partial charge in [-0.2, -0.15) is 4.98 Å². The molecule has 0 radical (unpaired) electrons. The van der Waals surface area contributed by atoms with Crippen LogP contribution in [-0.4, -0.2) is 55.6 Å². The number of hydrogen-bond acceptors (Lipinski definition) is 7. The lowest BCUT2D eigenvalue weighted by Gasteiger charge is -2.35. The van der Waals surface area contributed by atoms with Crippen molar-refractivity contribution in [2.45, 2.75) is 13.0 Å². The number of aromatic nitrogens is 2. The van der Waals surface area contributed by atoms with Gasteiger partial charge in [-0.1, -0.05) is 28.9 Å². The van der Waals surface area contributed by atoms with Crippen LogP contribution in [0.5, 0.6) is 11.5 Å². The summed E-state index contributed by atoms with van der Waals surface area (Å²) in [5, 5.41) is 7.77. The first-order valence-corrected chi connectivity index (χ1v) is 10.9. The van der Waals surface area contributed by atoms with Crippen molar-refractivity contribution in [1.82, 2.24) is 20.4 Å². The maximum atomic E-state index is 12.9. The lowest BCUT2D eigenvalue weighted by atomic mass is 9.94. The van der Waals surface area contributed by atoms with E-state index in [0.717, 1.165) is 5.56 Å². The summed E-state index contributed by atoms with van der Waals surface area (Å²) in [4.78, 5) is 19.2. The standard InChI is InChI=1S/C24H25ClN4O5/c1-14-20(23-27-22(28-34-23)16-8-9-18(32-3)19(13-16)33-4)21(15-6-5-7-17(25)12-15)26-24(30)29(14)10-11-31-2/h5-9,12-13,21H,10-11H2,1-4H3,(H,26,30). The van der Waals surface area contributed by atoms with Crippen LogP contribution in [0.2, 0.25) is 5.02 Å². The van der Waals surface area contributed by atoms with E-state index in [2.05, 4.69) is 15.5 Å². The summed E-state index contributed by atoms with van der Waals surface area (Å²) in [5.41, 5.74) is 2.86. The highest BCUT2D eigenvalue weighted by molar-refractivity contribution is 6.30. The van der Waals surface area contributed by atoms with Gasteiger partial charge in [0.2, 0.25) is 5.82 Å². The Balaban J connectivity index is 1.79. The van der Waals surface area contributed by atoms with E-state index in [0.29, 0.717) is 52.3 Å². The molecule has 0 spiro atoms. The molecular weight excluding hydrogens is 460 g/mol. The molecule has 1 aromatic heterocycles. The van der Waals surface area contributed by atoms with Gasteiger partial charge in [0.1, 0.15) is 0 Å². The quantitative estimate of drug-likeness (QED) is 0.500. The molecular formula is C24H25ClN4O5. The first kappa shape index (κ1) is 23.6. The number of methoxy groups -OCH3 is 3. The second kappa shape index (κ2) is 10.1. The van der Waals surface area contributed by atoms with E-state index < -0.39 is 6.04 Å². The highest BCUT2D eigenvalue weighted by Gasteiger charge is 2.35. The smallest absolute Gasteiger partial charge is 0.322 e. The predicted molar refractivity (Wildman–Crippen MR) is 127 cm³/mol. The Kier molecular flexibility index (Phi) is 7.04. The van der Waals surface area contributed by atoms with Crippen LogP contribution >= 0.6 is 11.6 Å². The molecule has 0 saturated heterocycles. The summed E-state index contributed by atoms with van der Waals surface area (Å²) in [7, 11) is 4.72. The number of amides is 2. The van der Waals surface area contributed by atoms with Crippen LogP contribution in [0, 0.1) is 0 Å². The van der Waals surface area contributed by atoms with Crippen molar-refractivity contribution in [2.75, 3.05) is 34.5 Å². The highest BCUT2D eigenvalue weighted by atomic mass is 35.5. The van der Waals surface area contributed by atoms with E-state index in [4.69, 9.17) is 30.3 Å². The number of hydrogen-bond donors (Lipinski definition) is 1. The molecule has 4 rings (SSSR count). The Labute approximate surface area is 202 Å². The molecule has 3 aromatic rings. The molecule has 0 aliphatic carbocycles. The van der Waals surface area contributed by atoms with Crippen molar-refractivity contribution in [1.29, 1.82) is 0 Å². The van der Waals surface area contributed by atoms with Gasteiger partial charge in [-0.25, -0.2) is 4.79 Å². The first-order chi connectivity index (χ1) is 16.5. The van der Waals surface area contributed by atoms with Crippen molar-refractivity contribution in [2.24, 2.45) is 0 Å². The molecule has 178 valence electrons. The van der Waals surface area contributed by atoms with Crippen LogP contribution in [0.1, 0.15) is 24.4 Å². The molecule has 0 saturated carbocycles. The lowest BCUT2D eigenvalue weighted by Crippen LogP contribution is -2.47. The number of halogens is 1. The third-order valence-corrected chi connectivity index (χ3v) is 5.83. The van der Waals surface area contributed by atoms with Crippen molar-refractivity contribution in [3.05, 3.63) is 64.6 Å². The van der Waals surface area contributed by atoms with E-state index in [1.807, 2.05) is 25.1 Å². The zero-order valence-corrected chi connectivity index (χ0v) is 20.0. The van der Waals surface area contributed by atoms with Crippen LogP contribution in [0.4, 0.5) is 4.79 Å². The van der Waals surface area contributed by atoms with Gasteiger partial charge in [0, 0.05) is 23.4 Å². The fourth-order valence-electron chi connectivity index (χ4n) is 3.87. The summed E-state index contributed by atoms with van der Waals surface area (Å²) in [6.07, 6.45) is 0. The number of carbonyl (C=O) groups excluding carboxylic acids is 1. The molecule has 0 bridgehead atoms. The van der Waals surface area contributed by atoms with E-state index >= 15 is 0 Å². The summed E-state index contributed by atoms with van der Waals surface area (Å²) in [6.45, 7) is 2.60. The predicted octanol–water partition coefficient (Wildman–Crippen LogP) is 4.55. The zero-order chi connectivity index (χ0) is 24.2. The molecule has 0 fully saturated rings. The molecule has 1 aliphatic heterocycles. The maximum absolute atomic E-state index is 12.9. The minimum absolute atomic E-state index is 0.247. The molecule has 2 aromatic carbocycles. The monoisotopic (exact) mass is 484 g/mol. The van der Waals surface area contributed by atoms with Gasteiger partial charge in [-0.3, -0.25) is 4.90 Å².